The number of benzene rings is 3. The minimum atomic E-state index is -0.179. The molecule has 4 aromatic rings. The third-order valence-electron chi connectivity index (χ3n) is 5.21. The molecule has 0 unspecified atom stereocenters. The molecular weight excluding hydrogens is 400 g/mol. The molecule has 0 atom stereocenters. The normalized spacial score (nSPS) is 10.9. The standard InChI is InChI=1S/C26H28N4O2/c1-3-5-6-19-7-12-22(13-8-19)30-28-24-16-11-21(18-25(24)29-30)27-26(31)20-9-14-23(15-10-20)32-17-4-2/h7-16,18H,3-6,17H2,1-2H3,(H,27,31). The summed E-state index contributed by atoms with van der Waals surface area (Å²) in [4.78, 5) is 14.2. The maximum absolute atomic E-state index is 12.6. The van der Waals surface area contributed by atoms with Crippen molar-refractivity contribution in [3.05, 3.63) is 77.9 Å². The van der Waals surface area contributed by atoms with E-state index in [0.29, 0.717) is 17.9 Å². The molecule has 0 saturated carbocycles. The number of unbranched alkanes of at least 4 members (excludes halogenated alkanes) is 1. The number of fused-ring (bicyclic) bond motifs is 1. The minimum Gasteiger partial charge on any atom is -0.494 e. The second-order valence-corrected chi connectivity index (χ2v) is 7.79. The predicted molar refractivity (Wildman–Crippen MR) is 128 cm³/mol. The SMILES string of the molecule is CCCCc1ccc(-n2nc3ccc(NC(=O)c4ccc(OCCC)cc4)cc3n2)cc1. The smallest absolute Gasteiger partial charge is 0.255 e. The molecule has 6 heteroatoms. The first-order valence-electron chi connectivity index (χ1n) is 11.2. The van der Waals surface area contributed by atoms with E-state index in [9.17, 15) is 4.79 Å². The van der Waals surface area contributed by atoms with E-state index in [1.165, 1.54) is 18.4 Å². The van der Waals surface area contributed by atoms with Crippen molar-refractivity contribution in [3.8, 4) is 11.4 Å². The van der Waals surface area contributed by atoms with E-state index in [0.717, 1.165) is 35.3 Å². The minimum absolute atomic E-state index is 0.179. The van der Waals surface area contributed by atoms with Crippen LogP contribution in [0.25, 0.3) is 16.7 Å². The van der Waals surface area contributed by atoms with Gasteiger partial charge in [0.05, 0.1) is 12.3 Å². The first-order valence-corrected chi connectivity index (χ1v) is 11.2. The van der Waals surface area contributed by atoms with Gasteiger partial charge in [-0.1, -0.05) is 32.4 Å². The van der Waals surface area contributed by atoms with Gasteiger partial charge in [-0.25, -0.2) is 0 Å². The Kier molecular flexibility index (Phi) is 6.80. The predicted octanol–water partition coefficient (Wildman–Crippen LogP) is 5.80. The molecule has 32 heavy (non-hydrogen) atoms. The highest BCUT2D eigenvalue weighted by Gasteiger charge is 2.10. The maximum atomic E-state index is 12.6. The Hall–Kier alpha value is -3.67. The number of nitrogens with zero attached hydrogens (tertiary/aromatic N) is 3. The van der Waals surface area contributed by atoms with Crippen LogP contribution < -0.4 is 10.1 Å². The molecule has 1 N–H and O–H groups in total. The Morgan fingerprint density at radius 3 is 2.38 bits per heavy atom. The molecule has 0 fully saturated rings. The Morgan fingerprint density at radius 2 is 1.66 bits per heavy atom. The van der Waals surface area contributed by atoms with Gasteiger partial charge in [-0.15, -0.1) is 10.2 Å². The summed E-state index contributed by atoms with van der Waals surface area (Å²) in [5.74, 6) is 0.585. The zero-order valence-electron chi connectivity index (χ0n) is 18.5. The zero-order chi connectivity index (χ0) is 22.3. The lowest BCUT2D eigenvalue weighted by Gasteiger charge is -2.07. The van der Waals surface area contributed by atoms with Crippen LogP contribution in [0.3, 0.4) is 0 Å². The molecule has 0 aliphatic heterocycles. The molecule has 1 heterocycles. The van der Waals surface area contributed by atoms with Crippen molar-refractivity contribution in [1.82, 2.24) is 15.0 Å². The van der Waals surface area contributed by atoms with Crippen LogP contribution in [0.15, 0.2) is 66.7 Å². The van der Waals surface area contributed by atoms with E-state index in [2.05, 4.69) is 41.5 Å². The number of amides is 1. The molecule has 0 aliphatic rings. The molecule has 0 spiro atoms. The van der Waals surface area contributed by atoms with Gasteiger partial charge in [-0.2, -0.15) is 4.80 Å². The monoisotopic (exact) mass is 428 g/mol. The highest BCUT2D eigenvalue weighted by atomic mass is 16.5. The maximum Gasteiger partial charge on any atom is 0.255 e. The fourth-order valence-electron chi connectivity index (χ4n) is 3.41. The van der Waals surface area contributed by atoms with Crippen molar-refractivity contribution in [3.63, 3.8) is 0 Å². The van der Waals surface area contributed by atoms with Crippen molar-refractivity contribution in [1.29, 1.82) is 0 Å². The molecule has 164 valence electrons. The van der Waals surface area contributed by atoms with E-state index < -0.39 is 0 Å². The largest absolute Gasteiger partial charge is 0.494 e. The molecule has 1 amide bonds. The Balaban J connectivity index is 1.46. The Morgan fingerprint density at radius 1 is 0.906 bits per heavy atom. The number of rotatable bonds is 9. The van der Waals surface area contributed by atoms with Crippen LogP contribution in [0.5, 0.6) is 5.75 Å². The first kappa shape index (κ1) is 21.6. The molecule has 4 rings (SSSR count). The number of carbonyl (C=O) groups excluding carboxylic acids is 1. The van der Waals surface area contributed by atoms with Crippen LogP contribution in [-0.4, -0.2) is 27.5 Å². The lowest BCUT2D eigenvalue weighted by atomic mass is 10.1. The summed E-state index contributed by atoms with van der Waals surface area (Å²) < 4.78 is 5.57. The van der Waals surface area contributed by atoms with Crippen molar-refractivity contribution in [2.75, 3.05) is 11.9 Å². The summed E-state index contributed by atoms with van der Waals surface area (Å²) in [6.07, 6.45) is 4.41. The van der Waals surface area contributed by atoms with E-state index in [1.54, 1.807) is 16.9 Å². The van der Waals surface area contributed by atoms with Crippen molar-refractivity contribution in [2.45, 2.75) is 39.5 Å². The summed E-state index contributed by atoms with van der Waals surface area (Å²) >= 11 is 0. The molecular formula is C26H28N4O2. The van der Waals surface area contributed by atoms with Crippen LogP contribution in [0.2, 0.25) is 0 Å². The van der Waals surface area contributed by atoms with E-state index >= 15 is 0 Å². The van der Waals surface area contributed by atoms with E-state index in [-0.39, 0.29) is 5.91 Å². The summed E-state index contributed by atoms with van der Waals surface area (Å²) in [7, 11) is 0. The molecule has 0 radical (unpaired) electrons. The topological polar surface area (TPSA) is 69.0 Å². The van der Waals surface area contributed by atoms with Gasteiger partial charge in [0, 0.05) is 11.3 Å². The quantitative estimate of drug-likeness (QED) is 0.366. The molecule has 1 aromatic heterocycles. The molecule has 0 bridgehead atoms. The fourth-order valence-corrected chi connectivity index (χ4v) is 3.41. The second kappa shape index (κ2) is 10.1. The van der Waals surface area contributed by atoms with Crippen molar-refractivity contribution < 1.29 is 9.53 Å². The summed E-state index contributed by atoms with van der Waals surface area (Å²) in [5.41, 5.74) is 4.98. The third-order valence-corrected chi connectivity index (χ3v) is 5.21. The first-order chi connectivity index (χ1) is 15.7. The average Bonchev–Trinajstić information content (AvgIpc) is 3.25. The number of carbonyl (C=O) groups is 1. The summed E-state index contributed by atoms with van der Waals surface area (Å²) in [6.45, 7) is 4.92. The number of aryl methyl sites for hydroxylation is 1. The summed E-state index contributed by atoms with van der Waals surface area (Å²) in [5, 5.41) is 12.1. The number of hydrogen-bond donors (Lipinski definition) is 1. The van der Waals surface area contributed by atoms with Gasteiger partial charge in [-0.05, 0) is 79.4 Å². The van der Waals surface area contributed by atoms with Gasteiger partial charge in [0.1, 0.15) is 16.8 Å². The van der Waals surface area contributed by atoms with Crippen molar-refractivity contribution >= 4 is 22.6 Å². The summed E-state index contributed by atoms with van der Waals surface area (Å²) in [6, 6.07) is 21.0. The number of hydrogen-bond acceptors (Lipinski definition) is 4. The highest BCUT2D eigenvalue weighted by Crippen LogP contribution is 2.20. The molecule has 0 aliphatic carbocycles. The lowest BCUT2D eigenvalue weighted by molar-refractivity contribution is 0.102. The van der Waals surface area contributed by atoms with E-state index in [1.807, 2.05) is 42.5 Å². The van der Waals surface area contributed by atoms with Gasteiger partial charge in [-0.3, -0.25) is 4.79 Å². The van der Waals surface area contributed by atoms with Gasteiger partial charge < -0.3 is 10.1 Å². The highest BCUT2D eigenvalue weighted by molar-refractivity contribution is 6.05. The van der Waals surface area contributed by atoms with Crippen LogP contribution in [0.4, 0.5) is 5.69 Å². The van der Waals surface area contributed by atoms with Crippen LogP contribution in [0, 0.1) is 0 Å². The number of aromatic nitrogens is 3. The zero-order valence-corrected chi connectivity index (χ0v) is 18.5. The van der Waals surface area contributed by atoms with Crippen LogP contribution in [0.1, 0.15) is 49.0 Å². The van der Waals surface area contributed by atoms with Gasteiger partial charge in [0.2, 0.25) is 0 Å². The Bertz CT molecular complexity index is 1180. The van der Waals surface area contributed by atoms with Crippen molar-refractivity contribution in [2.24, 2.45) is 0 Å². The molecule has 6 nitrogen and oxygen atoms in total. The lowest BCUT2D eigenvalue weighted by Crippen LogP contribution is -2.11. The second-order valence-electron chi connectivity index (χ2n) is 7.79. The number of anilines is 1. The molecule has 0 saturated heterocycles. The third kappa shape index (κ3) is 5.14. The fraction of sp³-hybridized carbons (Fsp3) is 0.269. The molecule has 3 aromatic carbocycles. The van der Waals surface area contributed by atoms with Gasteiger partial charge in [0.25, 0.3) is 5.91 Å². The Labute approximate surface area is 188 Å². The van der Waals surface area contributed by atoms with Gasteiger partial charge >= 0.3 is 0 Å². The number of ether oxygens (including phenoxy) is 1. The van der Waals surface area contributed by atoms with Crippen LogP contribution >= 0.6 is 0 Å². The number of nitrogens with one attached hydrogen (secondary N) is 1. The van der Waals surface area contributed by atoms with E-state index in [4.69, 9.17) is 4.74 Å². The van der Waals surface area contributed by atoms with Crippen LogP contribution in [-0.2, 0) is 6.42 Å². The van der Waals surface area contributed by atoms with Gasteiger partial charge in [0.15, 0.2) is 0 Å². The average molecular weight is 429 g/mol.